The topological polar surface area (TPSA) is 93.5 Å². The van der Waals surface area contributed by atoms with Crippen molar-refractivity contribution in [1.82, 2.24) is 35.3 Å². The summed E-state index contributed by atoms with van der Waals surface area (Å²) in [6, 6.07) is 4.22. The van der Waals surface area contributed by atoms with Gasteiger partial charge in [0.05, 0.1) is 19.1 Å². The number of ether oxygens (including phenoxy) is 1. The standard InChI is InChI=1S/C17H21N7O/c1-11-6-13(8-19-17(11)24-5-3-4-20-24)7-18-15-10-25-9-14(15)16-21-12(2)22-23-16/h3-6,8,14-15,18H,7,9-10H2,1-2H3,(H,21,22,23)/t14-,15+/m1/s1. The lowest BCUT2D eigenvalue weighted by Gasteiger charge is -2.17. The van der Waals surface area contributed by atoms with Crippen molar-refractivity contribution in [2.45, 2.75) is 32.4 Å². The molecule has 130 valence electrons. The molecule has 0 amide bonds. The Kier molecular flexibility index (Phi) is 4.29. The van der Waals surface area contributed by atoms with E-state index in [4.69, 9.17) is 4.74 Å². The van der Waals surface area contributed by atoms with Gasteiger partial charge < -0.3 is 10.1 Å². The number of nitrogens with zero attached hydrogens (tertiary/aromatic N) is 5. The average Bonchev–Trinajstić information content (AvgIpc) is 3.34. The third-order valence-electron chi connectivity index (χ3n) is 4.42. The highest BCUT2D eigenvalue weighted by atomic mass is 16.5. The van der Waals surface area contributed by atoms with Crippen LogP contribution in [0.2, 0.25) is 0 Å². The predicted molar refractivity (Wildman–Crippen MR) is 91.4 cm³/mol. The van der Waals surface area contributed by atoms with Gasteiger partial charge in [0.2, 0.25) is 0 Å². The molecule has 1 aliphatic rings. The van der Waals surface area contributed by atoms with Gasteiger partial charge in [-0.15, -0.1) is 0 Å². The Morgan fingerprint density at radius 3 is 3.00 bits per heavy atom. The number of nitrogens with one attached hydrogen (secondary N) is 2. The molecule has 0 spiro atoms. The van der Waals surface area contributed by atoms with Crippen molar-refractivity contribution in [3.63, 3.8) is 0 Å². The number of aromatic amines is 1. The smallest absolute Gasteiger partial charge is 0.157 e. The Morgan fingerprint density at radius 2 is 2.28 bits per heavy atom. The van der Waals surface area contributed by atoms with E-state index in [0.29, 0.717) is 13.2 Å². The minimum atomic E-state index is 0.169. The van der Waals surface area contributed by atoms with Crippen LogP contribution in [-0.2, 0) is 11.3 Å². The van der Waals surface area contributed by atoms with Crippen molar-refractivity contribution < 1.29 is 4.74 Å². The van der Waals surface area contributed by atoms with E-state index < -0.39 is 0 Å². The molecule has 1 saturated heterocycles. The molecule has 0 aromatic carbocycles. The number of aryl methyl sites for hydroxylation is 2. The zero-order valence-corrected chi connectivity index (χ0v) is 14.3. The molecule has 2 atom stereocenters. The molecule has 4 rings (SSSR count). The Labute approximate surface area is 145 Å². The van der Waals surface area contributed by atoms with Crippen LogP contribution >= 0.6 is 0 Å². The lowest BCUT2D eigenvalue weighted by Crippen LogP contribution is -2.34. The van der Waals surface area contributed by atoms with Crippen molar-refractivity contribution in [3.05, 3.63) is 53.5 Å². The number of rotatable bonds is 5. The van der Waals surface area contributed by atoms with Gasteiger partial charge in [-0.05, 0) is 37.1 Å². The summed E-state index contributed by atoms with van der Waals surface area (Å²) in [4.78, 5) is 8.99. The maximum atomic E-state index is 5.63. The fraction of sp³-hybridized carbons (Fsp3) is 0.412. The van der Waals surface area contributed by atoms with E-state index in [1.54, 1.807) is 10.9 Å². The van der Waals surface area contributed by atoms with E-state index in [1.165, 1.54) is 0 Å². The molecule has 1 fully saturated rings. The molecule has 8 nitrogen and oxygen atoms in total. The maximum Gasteiger partial charge on any atom is 0.157 e. The first-order chi connectivity index (χ1) is 12.2. The van der Waals surface area contributed by atoms with E-state index >= 15 is 0 Å². The van der Waals surface area contributed by atoms with Crippen LogP contribution in [0.5, 0.6) is 0 Å². The summed E-state index contributed by atoms with van der Waals surface area (Å²) in [5.41, 5.74) is 2.22. The van der Waals surface area contributed by atoms with Crippen molar-refractivity contribution >= 4 is 0 Å². The molecule has 2 N–H and O–H groups in total. The Balaban J connectivity index is 1.43. The number of H-pyrrole nitrogens is 1. The van der Waals surface area contributed by atoms with Gasteiger partial charge in [-0.2, -0.15) is 10.2 Å². The second-order valence-corrected chi connectivity index (χ2v) is 6.35. The molecule has 0 bridgehead atoms. The molecule has 0 saturated carbocycles. The molecule has 3 aromatic heterocycles. The highest BCUT2D eigenvalue weighted by Crippen LogP contribution is 2.23. The molecule has 4 heterocycles. The third-order valence-corrected chi connectivity index (χ3v) is 4.42. The summed E-state index contributed by atoms with van der Waals surface area (Å²) < 4.78 is 7.41. The van der Waals surface area contributed by atoms with Gasteiger partial charge in [0.1, 0.15) is 5.82 Å². The summed E-state index contributed by atoms with van der Waals surface area (Å²) in [6.07, 6.45) is 5.53. The fourth-order valence-corrected chi connectivity index (χ4v) is 3.14. The van der Waals surface area contributed by atoms with Crippen LogP contribution in [0.1, 0.15) is 28.7 Å². The van der Waals surface area contributed by atoms with Crippen LogP contribution in [0.4, 0.5) is 0 Å². The second kappa shape index (κ2) is 6.73. The first-order valence-corrected chi connectivity index (χ1v) is 8.36. The summed E-state index contributed by atoms with van der Waals surface area (Å²) >= 11 is 0. The first kappa shape index (κ1) is 15.9. The van der Waals surface area contributed by atoms with Gasteiger partial charge in [0, 0.05) is 31.2 Å². The SMILES string of the molecule is Cc1nc([C@@H]2COC[C@@H]2NCc2cnc(-n3cccn3)c(C)c2)n[nH]1. The largest absolute Gasteiger partial charge is 0.379 e. The van der Waals surface area contributed by atoms with Crippen molar-refractivity contribution in [3.8, 4) is 5.82 Å². The van der Waals surface area contributed by atoms with E-state index in [-0.39, 0.29) is 12.0 Å². The minimum Gasteiger partial charge on any atom is -0.379 e. The van der Waals surface area contributed by atoms with Crippen LogP contribution in [-0.4, -0.2) is 49.2 Å². The van der Waals surface area contributed by atoms with Crippen LogP contribution in [0.3, 0.4) is 0 Å². The highest BCUT2D eigenvalue weighted by molar-refractivity contribution is 5.34. The molecule has 3 aromatic rings. The van der Waals surface area contributed by atoms with Gasteiger partial charge in [-0.1, -0.05) is 0 Å². The molecular formula is C17H21N7O. The van der Waals surface area contributed by atoms with E-state index in [1.807, 2.05) is 32.3 Å². The number of hydrogen-bond acceptors (Lipinski definition) is 6. The van der Waals surface area contributed by atoms with Crippen LogP contribution < -0.4 is 5.32 Å². The Bertz CT molecular complexity index is 843. The third kappa shape index (κ3) is 3.31. The first-order valence-electron chi connectivity index (χ1n) is 8.36. The Hall–Kier alpha value is -2.58. The quantitative estimate of drug-likeness (QED) is 0.727. The van der Waals surface area contributed by atoms with E-state index in [9.17, 15) is 0 Å². The lowest BCUT2D eigenvalue weighted by molar-refractivity contribution is 0.187. The van der Waals surface area contributed by atoms with Gasteiger partial charge in [0.15, 0.2) is 11.6 Å². The monoisotopic (exact) mass is 339 g/mol. The van der Waals surface area contributed by atoms with E-state index in [2.05, 4.69) is 36.6 Å². The van der Waals surface area contributed by atoms with Gasteiger partial charge >= 0.3 is 0 Å². The summed E-state index contributed by atoms with van der Waals surface area (Å²) in [5, 5.41) is 15.0. The van der Waals surface area contributed by atoms with Crippen molar-refractivity contribution in [2.24, 2.45) is 0 Å². The highest BCUT2D eigenvalue weighted by Gasteiger charge is 2.32. The molecular weight excluding hydrogens is 318 g/mol. The predicted octanol–water partition coefficient (Wildman–Crippen LogP) is 1.27. The maximum absolute atomic E-state index is 5.63. The van der Waals surface area contributed by atoms with Crippen LogP contribution in [0.15, 0.2) is 30.7 Å². The normalized spacial score (nSPS) is 20.2. The van der Waals surface area contributed by atoms with Gasteiger partial charge in [0.25, 0.3) is 0 Å². The number of pyridine rings is 1. The van der Waals surface area contributed by atoms with Gasteiger partial charge in [-0.3, -0.25) is 5.10 Å². The molecule has 25 heavy (non-hydrogen) atoms. The fourth-order valence-electron chi connectivity index (χ4n) is 3.14. The zero-order valence-electron chi connectivity index (χ0n) is 14.3. The summed E-state index contributed by atoms with van der Waals surface area (Å²) in [5.74, 6) is 2.67. The zero-order chi connectivity index (χ0) is 17.2. The lowest BCUT2D eigenvalue weighted by atomic mass is 10.0. The molecule has 8 heteroatoms. The van der Waals surface area contributed by atoms with Crippen LogP contribution in [0, 0.1) is 13.8 Å². The molecule has 0 radical (unpaired) electrons. The number of hydrogen-bond donors (Lipinski definition) is 2. The van der Waals surface area contributed by atoms with Crippen molar-refractivity contribution in [2.75, 3.05) is 13.2 Å². The van der Waals surface area contributed by atoms with Crippen molar-refractivity contribution in [1.29, 1.82) is 0 Å². The van der Waals surface area contributed by atoms with E-state index in [0.717, 1.165) is 35.1 Å². The second-order valence-electron chi connectivity index (χ2n) is 6.35. The van der Waals surface area contributed by atoms with Crippen LogP contribution in [0.25, 0.3) is 5.82 Å². The molecule has 1 aliphatic heterocycles. The molecule has 0 aliphatic carbocycles. The number of aromatic nitrogens is 6. The average molecular weight is 339 g/mol. The van der Waals surface area contributed by atoms with Gasteiger partial charge in [-0.25, -0.2) is 14.6 Å². The summed E-state index contributed by atoms with van der Waals surface area (Å²) in [7, 11) is 0. The Morgan fingerprint density at radius 1 is 1.36 bits per heavy atom. The summed E-state index contributed by atoms with van der Waals surface area (Å²) in [6.45, 7) is 5.98. The molecule has 0 unspecified atom stereocenters. The minimum absolute atomic E-state index is 0.169.